The van der Waals surface area contributed by atoms with E-state index >= 15 is 0 Å². The molecule has 0 aliphatic carbocycles. The molecule has 1 heterocycles. The van der Waals surface area contributed by atoms with Crippen molar-refractivity contribution >= 4 is 39.3 Å². The highest BCUT2D eigenvalue weighted by Gasteiger charge is 2.20. The number of carbonyl (C=O) groups excluding carboxylic acids is 1. The zero-order valence-electron chi connectivity index (χ0n) is 17.0. The minimum Gasteiger partial charge on any atom is -0.323 e. The zero-order valence-corrected chi connectivity index (χ0v) is 19.4. The molecule has 3 rings (SSSR count). The van der Waals surface area contributed by atoms with E-state index in [2.05, 4.69) is 43.3 Å². The lowest BCUT2D eigenvalue weighted by molar-refractivity contribution is -0.113. The topological polar surface area (TPSA) is 63.1 Å². The number of aromatic nitrogens is 3. The van der Waals surface area contributed by atoms with Gasteiger partial charge in [0.1, 0.15) is 5.82 Å². The maximum Gasteiger partial charge on any atom is 0.234 e. The van der Waals surface area contributed by atoms with Gasteiger partial charge in [-0.1, -0.05) is 58.0 Å². The number of thioether (sulfide) groups is 1. The van der Waals surface area contributed by atoms with E-state index < -0.39 is 5.82 Å². The molecule has 0 fully saturated rings. The quantitative estimate of drug-likeness (QED) is 0.467. The number of hydrogen-bond acceptors (Lipinski definition) is 5. The van der Waals surface area contributed by atoms with E-state index in [1.165, 1.54) is 23.9 Å². The Morgan fingerprint density at radius 1 is 1.23 bits per heavy atom. The van der Waals surface area contributed by atoms with Crippen LogP contribution in [0.5, 0.6) is 0 Å². The highest BCUT2D eigenvalue weighted by molar-refractivity contribution is 9.10. The standard InChI is InChI=1S/C21H23BrFN5OS/c1-14(27(2)3)20-25-26-21(28(20)12-15-7-5-4-6-8-15)30-13-19(29)24-18-10-9-16(22)11-17(18)23/h4-11,14H,12-13H2,1-3H3,(H,24,29). The third-order valence-corrected chi connectivity index (χ3v) is 6.07. The minimum atomic E-state index is -0.489. The van der Waals surface area contributed by atoms with Gasteiger partial charge in [0.05, 0.1) is 24.0 Å². The first-order valence-corrected chi connectivity index (χ1v) is 11.1. The van der Waals surface area contributed by atoms with E-state index in [4.69, 9.17) is 0 Å². The lowest BCUT2D eigenvalue weighted by Gasteiger charge is -2.20. The molecule has 30 heavy (non-hydrogen) atoms. The summed E-state index contributed by atoms with van der Waals surface area (Å²) in [6, 6.07) is 14.6. The molecule has 1 aromatic heterocycles. The van der Waals surface area contributed by atoms with Crippen molar-refractivity contribution in [1.29, 1.82) is 0 Å². The molecule has 9 heteroatoms. The van der Waals surface area contributed by atoms with Crippen LogP contribution in [-0.4, -0.2) is 45.4 Å². The summed E-state index contributed by atoms with van der Waals surface area (Å²) in [5, 5.41) is 11.9. The predicted molar refractivity (Wildman–Crippen MR) is 121 cm³/mol. The summed E-state index contributed by atoms with van der Waals surface area (Å²) in [6.45, 7) is 2.66. The second-order valence-electron chi connectivity index (χ2n) is 7.01. The normalized spacial score (nSPS) is 12.2. The van der Waals surface area contributed by atoms with E-state index in [9.17, 15) is 9.18 Å². The molecular weight excluding hydrogens is 469 g/mol. The number of benzene rings is 2. The van der Waals surface area contributed by atoms with Crippen LogP contribution in [0.25, 0.3) is 0 Å². The first kappa shape index (κ1) is 22.5. The number of anilines is 1. The van der Waals surface area contributed by atoms with Crippen molar-refractivity contribution in [3.63, 3.8) is 0 Å². The number of nitrogens with zero attached hydrogens (tertiary/aromatic N) is 4. The number of nitrogens with one attached hydrogen (secondary N) is 1. The van der Waals surface area contributed by atoms with Crippen LogP contribution < -0.4 is 5.32 Å². The van der Waals surface area contributed by atoms with E-state index in [1.54, 1.807) is 6.07 Å². The van der Waals surface area contributed by atoms with Gasteiger partial charge < -0.3 is 9.88 Å². The fraction of sp³-hybridized carbons (Fsp3) is 0.286. The molecule has 6 nitrogen and oxygen atoms in total. The molecule has 0 aliphatic heterocycles. The molecule has 0 radical (unpaired) electrons. The largest absolute Gasteiger partial charge is 0.323 e. The highest BCUT2D eigenvalue weighted by Crippen LogP contribution is 2.25. The first-order valence-electron chi connectivity index (χ1n) is 9.36. The van der Waals surface area contributed by atoms with Gasteiger partial charge in [0.25, 0.3) is 0 Å². The lowest BCUT2D eigenvalue weighted by Crippen LogP contribution is -2.21. The van der Waals surface area contributed by atoms with Crippen molar-refractivity contribution in [2.24, 2.45) is 0 Å². The zero-order chi connectivity index (χ0) is 21.7. The van der Waals surface area contributed by atoms with E-state index in [0.29, 0.717) is 16.2 Å². The van der Waals surface area contributed by atoms with E-state index in [1.807, 2.05) is 49.0 Å². The molecule has 2 aromatic carbocycles. The molecule has 1 N–H and O–H groups in total. The fourth-order valence-corrected chi connectivity index (χ4v) is 3.85. The summed E-state index contributed by atoms with van der Waals surface area (Å²) in [5.41, 5.74) is 1.27. The summed E-state index contributed by atoms with van der Waals surface area (Å²) in [5.74, 6) is 0.124. The monoisotopic (exact) mass is 491 g/mol. The van der Waals surface area contributed by atoms with Crippen molar-refractivity contribution in [2.75, 3.05) is 25.2 Å². The molecular formula is C21H23BrFN5OS. The molecule has 1 unspecified atom stereocenters. The van der Waals surface area contributed by atoms with Crippen LogP contribution in [0.1, 0.15) is 24.4 Å². The highest BCUT2D eigenvalue weighted by atomic mass is 79.9. The van der Waals surface area contributed by atoms with Gasteiger partial charge in [-0.25, -0.2) is 4.39 Å². The van der Waals surface area contributed by atoms with Crippen molar-refractivity contribution in [1.82, 2.24) is 19.7 Å². The Balaban J connectivity index is 1.75. The average molecular weight is 492 g/mol. The van der Waals surface area contributed by atoms with Crippen LogP contribution in [0.4, 0.5) is 10.1 Å². The maximum absolute atomic E-state index is 14.0. The molecule has 0 saturated heterocycles. The smallest absolute Gasteiger partial charge is 0.234 e. The summed E-state index contributed by atoms with van der Waals surface area (Å²) in [4.78, 5) is 14.4. The predicted octanol–water partition coefficient (Wildman–Crippen LogP) is 4.58. The van der Waals surface area contributed by atoms with Gasteiger partial charge in [-0.15, -0.1) is 10.2 Å². The molecule has 1 amide bonds. The third-order valence-electron chi connectivity index (χ3n) is 4.61. The Morgan fingerprint density at radius 3 is 2.63 bits per heavy atom. The number of carbonyl (C=O) groups is 1. The Morgan fingerprint density at radius 2 is 1.97 bits per heavy atom. The second-order valence-corrected chi connectivity index (χ2v) is 8.87. The molecule has 0 aliphatic rings. The Kier molecular flexibility index (Phi) is 7.63. The van der Waals surface area contributed by atoms with Gasteiger partial charge in [-0.3, -0.25) is 9.69 Å². The Bertz CT molecular complexity index is 1010. The van der Waals surface area contributed by atoms with Crippen molar-refractivity contribution < 1.29 is 9.18 Å². The van der Waals surface area contributed by atoms with Crippen molar-refractivity contribution in [3.05, 3.63) is 70.2 Å². The minimum absolute atomic E-state index is 0.0567. The molecule has 0 bridgehead atoms. The van der Waals surface area contributed by atoms with Gasteiger partial charge in [0.2, 0.25) is 5.91 Å². The van der Waals surface area contributed by atoms with Gasteiger partial charge >= 0.3 is 0 Å². The van der Waals surface area contributed by atoms with Gasteiger partial charge in [0, 0.05) is 4.47 Å². The summed E-state index contributed by atoms with van der Waals surface area (Å²) in [6.07, 6.45) is 0. The van der Waals surface area contributed by atoms with Gasteiger partial charge in [-0.05, 0) is 44.8 Å². The summed E-state index contributed by atoms with van der Waals surface area (Å²) in [7, 11) is 3.97. The van der Waals surface area contributed by atoms with Crippen LogP contribution in [-0.2, 0) is 11.3 Å². The molecule has 3 aromatic rings. The third kappa shape index (κ3) is 5.68. The van der Waals surface area contributed by atoms with Crippen LogP contribution in [0.15, 0.2) is 58.2 Å². The van der Waals surface area contributed by atoms with Crippen molar-refractivity contribution in [3.8, 4) is 0 Å². The van der Waals surface area contributed by atoms with Gasteiger partial charge in [0.15, 0.2) is 11.0 Å². The number of hydrogen-bond donors (Lipinski definition) is 1. The molecule has 0 saturated carbocycles. The van der Waals surface area contributed by atoms with Crippen LogP contribution in [0.3, 0.4) is 0 Å². The SMILES string of the molecule is CC(c1nnc(SCC(=O)Nc2ccc(Br)cc2F)n1Cc1ccccc1)N(C)C. The summed E-state index contributed by atoms with van der Waals surface area (Å²) >= 11 is 4.48. The average Bonchev–Trinajstić information content (AvgIpc) is 3.11. The van der Waals surface area contributed by atoms with Crippen LogP contribution >= 0.6 is 27.7 Å². The first-order chi connectivity index (χ1) is 14.3. The number of rotatable bonds is 8. The maximum atomic E-state index is 14.0. The van der Waals surface area contributed by atoms with Crippen LogP contribution in [0.2, 0.25) is 0 Å². The fourth-order valence-electron chi connectivity index (χ4n) is 2.77. The molecule has 158 valence electrons. The number of halogens is 2. The molecule has 0 spiro atoms. The number of amides is 1. The Hall–Kier alpha value is -2.23. The second kappa shape index (κ2) is 10.2. The lowest BCUT2D eigenvalue weighted by atomic mass is 10.2. The van der Waals surface area contributed by atoms with Gasteiger partial charge in [-0.2, -0.15) is 0 Å². The van der Waals surface area contributed by atoms with Crippen molar-refractivity contribution in [2.45, 2.75) is 24.7 Å². The van der Waals surface area contributed by atoms with Crippen LogP contribution in [0, 0.1) is 5.82 Å². The van der Waals surface area contributed by atoms with E-state index in [-0.39, 0.29) is 23.4 Å². The molecule has 1 atom stereocenters. The van der Waals surface area contributed by atoms with E-state index in [0.717, 1.165) is 11.4 Å². The summed E-state index contributed by atoms with van der Waals surface area (Å²) < 4.78 is 16.6. The Labute approximate surface area is 188 Å².